The van der Waals surface area contributed by atoms with Gasteiger partial charge < -0.3 is 20.1 Å². The Kier molecular flexibility index (Phi) is 9.43. The maximum atomic E-state index is 6.13. The molecule has 2 aliphatic rings. The number of likely N-dealkylation sites (tertiary alicyclic amines) is 1. The van der Waals surface area contributed by atoms with Crippen molar-refractivity contribution in [1.29, 1.82) is 0 Å². The topological polar surface area (TPSA) is 84.4 Å². The standard InChI is InChI=1S/C25H37IN6O2/c1-3-32-14-8-11-21(32)17-34-25-30-23(27-19-9-6-4-5-7-10-19)29-24(31-25)28-20-12-13-22(33-2)18(15-20)16-26/h12-13,15,19,21H,3-11,14,16-17H2,1-2H3,(H2,27,28,29,30,31). The lowest BCUT2D eigenvalue weighted by Gasteiger charge is -2.22. The van der Waals surface area contributed by atoms with Crippen molar-refractivity contribution in [1.82, 2.24) is 19.9 Å². The van der Waals surface area contributed by atoms with Crippen molar-refractivity contribution in [2.75, 3.05) is 37.4 Å². The van der Waals surface area contributed by atoms with Gasteiger partial charge in [-0.25, -0.2) is 0 Å². The fourth-order valence-corrected chi connectivity index (χ4v) is 5.50. The predicted molar refractivity (Wildman–Crippen MR) is 145 cm³/mol. The van der Waals surface area contributed by atoms with Gasteiger partial charge in [0.15, 0.2) is 0 Å². The Hall–Kier alpha value is -1.88. The molecular formula is C25H37IN6O2. The van der Waals surface area contributed by atoms with Crippen molar-refractivity contribution in [3.8, 4) is 11.8 Å². The van der Waals surface area contributed by atoms with Crippen LogP contribution in [0.15, 0.2) is 18.2 Å². The normalized spacial score (nSPS) is 19.6. The molecule has 2 fully saturated rings. The van der Waals surface area contributed by atoms with Crippen molar-refractivity contribution in [2.45, 2.75) is 74.8 Å². The van der Waals surface area contributed by atoms with Gasteiger partial charge in [-0.15, -0.1) is 0 Å². The summed E-state index contributed by atoms with van der Waals surface area (Å²) in [5, 5.41) is 6.92. The zero-order valence-corrected chi connectivity index (χ0v) is 22.5. The number of alkyl halides is 1. The van der Waals surface area contributed by atoms with E-state index in [0.29, 0.717) is 36.6 Å². The summed E-state index contributed by atoms with van der Waals surface area (Å²) in [6.07, 6.45) is 9.78. The van der Waals surface area contributed by atoms with E-state index in [-0.39, 0.29) is 0 Å². The van der Waals surface area contributed by atoms with E-state index in [2.05, 4.69) is 61.1 Å². The molecule has 0 radical (unpaired) electrons. The molecule has 2 N–H and O–H groups in total. The number of aromatic nitrogens is 3. The Morgan fingerprint density at radius 3 is 2.56 bits per heavy atom. The first-order valence-corrected chi connectivity index (χ1v) is 14.1. The molecule has 1 aliphatic carbocycles. The van der Waals surface area contributed by atoms with Gasteiger partial charge in [0.2, 0.25) is 11.9 Å². The molecule has 1 unspecified atom stereocenters. The average molecular weight is 581 g/mol. The fourth-order valence-electron chi connectivity index (χ4n) is 4.91. The van der Waals surface area contributed by atoms with Gasteiger partial charge in [0.1, 0.15) is 12.4 Å². The third-order valence-corrected chi connectivity index (χ3v) is 7.62. The number of nitrogens with one attached hydrogen (secondary N) is 2. The second-order valence-corrected chi connectivity index (χ2v) is 9.88. The third-order valence-electron chi connectivity index (χ3n) is 6.79. The van der Waals surface area contributed by atoms with Crippen LogP contribution in [0, 0.1) is 0 Å². The highest BCUT2D eigenvalue weighted by molar-refractivity contribution is 14.1. The number of anilines is 3. The summed E-state index contributed by atoms with van der Waals surface area (Å²) in [6.45, 7) is 4.99. The van der Waals surface area contributed by atoms with Crippen molar-refractivity contribution in [3.05, 3.63) is 23.8 Å². The van der Waals surface area contributed by atoms with Crippen LogP contribution in [0.4, 0.5) is 17.6 Å². The number of benzene rings is 1. The molecule has 1 aliphatic heterocycles. The highest BCUT2D eigenvalue weighted by Crippen LogP contribution is 2.27. The molecule has 0 amide bonds. The van der Waals surface area contributed by atoms with E-state index in [1.807, 2.05) is 12.1 Å². The summed E-state index contributed by atoms with van der Waals surface area (Å²) in [6, 6.07) is 7.21. The number of hydrogen-bond donors (Lipinski definition) is 2. The molecule has 1 aromatic heterocycles. The predicted octanol–water partition coefficient (Wildman–Crippen LogP) is 5.56. The first-order chi connectivity index (χ1) is 16.7. The number of rotatable bonds is 10. The van der Waals surface area contributed by atoms with E-state index >= 15 is 0 Å². The quantitative estimate of drug-likeness (QED) is 0.215. The molecule has 2 heterocycles. The van der Waals surface area contributed by atoms with Crippen molar-refractivity contribution < 1.29 is 9.47 Å². The lowest BCUT2D eigenvalue weighted by molar-refractivity contribution is 0.170. The summed E-state index contributed by atoms with van der Waals surface area (Å²) in [4.78, 5) is 16.4. The molecule has 2 aromatic rings. The van der Waals surface area contributed by atoms with Crippen LogP contribution in [0.25, 0.3) is 0 Å². The Morgan fingerprint density at radius 2 is 1.82 bits per heavy atom. The molecule has 8 nitrogen and oxygen atoms in total. The minimum atomic E-state index is 0.374. The molecule has 9 heteroatoms. The van der Waals surface area contributed by atoms with E-state index in [0.717, 1.165) is 53.8 Å². The van der Waals surface area contributed by atoms with Crippen LogP contribution >= 0.6 is 22.6 Å². The maximum absolute atomic E-state index is 6.13. The van der Waals surface area contributed by atoms with Gasteiger partial charge in [-0.2, -0.15) is 15.0 Å². The van der Waals surface area contributed by atoms with Gasteiger partial charge in [-0.1, -0.05) is 55.2 Å². The minimum absolute atomic E-state index is 0.374. The molecule has 1 atom stereocenters. The van der Waals surface area contributed by atoms with Crippen LogP contribution in [-0.2, 0) is 4.43 Å². The Bertz CT molecular complexity index is 922. The van der Waals surface area contributed by atoms with Gasteiger partial charge >= 0.3 is 6.01 Å². The number of hydrogen-bond acceptors (Lipinski definition) is 8. The molecular weight excluding hydrogens is 543 g/mol. The van der Waals surface area contributed by atoms with Crippen molar-refractivity contribution >= 4 is 40.2 Å². The van der Waals surface area contributed by atoms with Crippen LogP contribution in [0.5, 0.6) is 11.8 Å². The van der Waals surface area contributed by atoms with Gasteiger partial charge in [0.25, 0.3) is 0 Å². The number of likely N-dealkylation sites (N-methyl/N-ethyl adjacent to an activating group) is 1. The lowest BCUT2D eigenvalue weighted by Crippen LogP contribution is -2.34. The molecule has 1 saturated carbocycles. The van der Waals surface area contributed by atoms with Gasteiger partial charge in [-0.05, 0) is 57.0 Å². The number of ether oxygens (including phenoxy) is 2. The van der Waals surface area contributed by atoms with Crippen molar-refractivity contribution in [3.63, 3.8) is 0 Å². The van der Waals surface area contributed by atoms with Gasteiger partial charge in [0.05, 0.1) is 7.11 Å². The Balaban J connectivity index is 1.53. The number of nitrogens with zero attached hydrogens (tertiary/aromatic N) is 4. The van der Waals surface area contributed by atoms with E-state index in [4.69, 9.17) is 14.5 Å². The third kappa shape index (κ3) is 6.84. The smallest absolute Gasteiger partial charge is 0.323 e. The second-order valence-electron chi connectivity index (χ2n) is 9.12. The largest absolute Gasteiger partial charge is 0.496 e. The summed E-state index contributed by atoms with van der Waals surface area (Å²) in [5.41, 5.74) is 2.04. The summed E-state index contributed by atoms with van der Waals surface area (Å²) >= 11 is 2.35. The van der Waals surface area contributed by atoms with E-state index in [9.17, 15) is 0 Å². The lowest BCUT2D eigenvalue weighted by atomic mass is 10.1. The summed E-state index contributed by atoms with van der Waals surface area (Å²) in [5.74, 6) is 1.96. The fraction of sp³-hybridized carbons (Fsp3) is 0.640. The van der Waals surface area contributed by atoms with Crippen LogP contribution in [0.1, 0.15) is 63.9 Å². The van der Waals surface area contributed by atoms with Crippen LogP contribution in [-0.4, -0.2) is 58.7 Å². The van der Waals surface area contributed by atoms with Gasteiger partial charge in [0, 0.05) is 27.8 Å². The zero-order chi connectivity index (χ0) is 23.8. The van der Waals surface area contributed by atoms with Crippen LogP contribution < -0.4 is 20.1 Å². The van der Waals surface area contributed by atoms with Gasteiger partial charge in [-0.3, -0.25) is 4.90 Å². The van der Waals surface area contributed by atoms with E-state index in [1.165, 1.54) is 32.1 Å². The zero-order valence-electron chi connectivity index (χ0n) is 20.4. The highest BCUT2D eigenvalue weighted by atomic mass is 127. The number of halogens is 1. The average Bonchev–Trinajstić information content (AvgIpc) is 3.17. The second kappa shape index (κ2) is 12.7. The van der Waals surface area contributed by atoms with Crippen molar-refractivity contribution in [2.24, 2.45) is 0 Å². The van der Waals surface area contributed by atoms with E-state index in [1.54, 1.807) is 7.11 Å². The minimum Gasteiger partial charge on any atom is -0.496 e. The molecule has 34 heavy (non-hydrogen) atoms. The Labute approximate surface area is 216 Å². The Morgan fingerprint density at radius 1 is 1.03 bits per heavy atom. The SMILES string of the molecule is CCN1CCCC1COc1nc(Nc2ccc(OC)c(CI)c2)nc(NC2CCCCCC2)n1. The first kappa shape index (κ1) is 25.2. The first-order valence-electron chi connectivity index (χ1n) is 12.6. The summed E-state index contributed by atoms with van der Waals surface area (Å²) in [7, 11) is 1.70. The number of methoxy groups -OCH3 is 1. The van der Waals surface area contributed by atoms with Crippen LogP contribution in [0.2, 0.25) is 0 Å². The molecule has 0 bridgehead atoms. The monoisotopic (exact) mass is 580 g/mol. The molecule has 1 aromatic carbocycles. The maximum Gasteiger partial charge on any atom is 0.323 e. The molecule has 186 valence electrons. The molecule has 0 spiro atoms. The molecule has 4 rings (SSSR count). The van der Waals surface area contributed by atoms with Crippen LogP contribution in [0.3, 0.4) is 0 Å². The highest BCUT2D eigenvalue weighted by Gasteiger charge is 2.24. The van der Waals surface area contributed by atoms with E-state index < -0.39 is 0 Å². The summed E-state index contributed by atoms with van der Waals surface area (Å²) < 4.78 is 12.4. The molecule has 1 saturated heterocycles.